The van der Waals surface area contributed by atoms with E-state index in [2.05, 4.69) is 5.32 Å². The molecule has 0 aromatic heterocycles. The number of benzene rings is 1. The van der Waals surface area contributed by atoms with Gasteiger partial charge in [0, 0.05) is 17.7 Å². The van der Waals surface area contributed by atoms with Gasteiger partial charge < -0.3 is 10.4 Å². The summed E-state index contributed by atoms with van der Waals surface area (Å²) in [6.45, 7) is 1.39. The number of carbonyl (C=O) groups is 3. The molecule has 0 atom stereocenters. The van der Waals surface area contributed by atoms with Crippen molar-refractivity contribution in [3.8, 4) is 0 Å². The molecular weight excluding hydrogens is 258 g/mol. The van der Waals surface area contributed by atoms with Crippen LogP contribution in [0.4, 0.5) is 5.69 Å². The van der Waals surface area contributed by atoms with Crippen molar-refractivity contribution in [2.45, 2.75) is 6.92 Å². The topological polar surface area (TPSA) is 83.5 Å². The van der Waals surface area contributed by atoms with Gasteiger partial charge in [-0.1, -0.05) is 11.6 Å². The number of hydrogen-bond donors (Lipinski definition) is 2. The lowest BCUT2D eigenvalue weighted by atomic mass is 10.1. The molecule has 0 spiro atoms. The summed E-state index contributed by atoms with van der Waals surface area (Å²) in [5, 5.41) is 11.0. The second-order valence-corrected chi connectivity index (χ2v) is 3.82. The number of anilines is 1. The van der Waals surface area contributed by atoms with Crippen LogP contribution < -0.4 is 5.32 Å². The fourth-order valence-corrected chi connectivity index (χ4v) is 1.33. The zero-order chi connectivity index (χ0) is 13.7. The van der Waals surface area contributed by atoms with Crippen molar-refractivity contribution in [2.75, 3.05) is 5.32 Å². The highest BCUT2D eigenvalue weighted by atomic mass is 35.5. The second-order valence-electron chi connectivity index (χ2n) is 3.41. The Morgan fingerprint density at radius 1 is 1.28 bits per heavy atom. The number of rotatable bonds is 4. The van der Waals surface area contributed by atoms with E-state index < -0.39 is 11.9 Å². The van der Waals surface area contributed by atoms with Gasteiger partial charge in [-0.05, 0) is 25.1 Å². The van der Waals surface area contributed by atoms with Crippen LogP contribution in [0.15, 0.2) is 30.4 Å². The number of hydrogen-bond acceptors (Lipinski definition) is 3. The van der Waals surface area contributed by atoms with Crippen LogP contribution in [0.1, 0.15) is 17.3 Å². The number of carboxylic acids is 1. The Balaban J connectivity index is 2.90. The average Bonchev–Trinajstić information content (AvgIpc) is 2.29. The maximum absolute atomic E-state index is 11.3. The number of Topliss-reactive ketones (excluding diaryl/α,β-unsaturated/α-hetero) is 1. The van der Waals surface area contributed by atoms with E-state index in [1.807, 2.05) is 0 Å². The van der Waals surface area contributed by atoms with Gasteiger partial charge in [-0.25, -0.2) is 4.79 Å². The average molecular weight is 268 g/mol. The van der Waals surface area contributed by atoms with Gasteiger partial charge >= 0.3 is 5.97 Å². The number of aliphatic carboxylic acids is 1. The van der Waals surface area contributed by atoms with E-state index in [1.54, 1.807) is 0 Å². The molecule has 0 radical (unpaired) electrons. The first-order valence-electron chi connectivity index (χ1n) is 4.92. The molecule has 0 unspecified atom stereocenters. The first kappa shape index (κ1) is 13.9. The molecule has 18 heavy (non-hydrogen) atoms. The van der Waals surface area contributed by atoms with E-state index in [9.17, 15) is 14.4 Å². The molecule has 0 saturated heterocycles. The molecular formula is C12H10ClNO4. The monoisotopic (exact) mass is 267 g/mol. The third-order valence-corrected chi connectivity index (χ3v) is 2.34. The Morgan fingerprint density at radius 3 is 2.50 bits per heavy atom. The Bertz CT molecular complexity index is 537. The van der Waals surface area contributed by atoms with Gasteiger partial charge in [-0.2, -0.15) is 0 Å². The molecule has 0 aliphatic heterocycles. The molecule has 6 heteroatoms. The molecule has 1 rings (SSSR count). The van der Waals surface area contributed by atoms with E-state index in [4.69, 9.17) is 16.7 Å². The second kappa shape index (κ2) is 5.97. The van der Waals surface area contributed by atoms with Gasteiger partial charge in [0.25, 0.3) is 0 Å². The zero-order valence-electron chi connectivity index (χ0n) is 9.44. The number of carbonyl (C=O) groups excluding carboxylic acids is 2. The summed E-state index contributed by atoms with van der Waals surface area (Å²) in [6.07, 6.45) is 1.57. The maximum Gasteiger partial charge on any atom is 0.328 e. The van der Waals surface area contributed by atoms with Crippen LogP contribution >= 0.6 is 11.6 Å². The molecule has 0 saturated carbocycles. The molecule has 0 aliphatic rings. The van der Waals surface area contributed by atoms with E-state index in [1.165, 1.54) is 25.1 Å². The van der Waals surface area contributed by atoms with Gasteiger partial charge in [0.15, 0.2) is 5.78 Å². The quantitative estimate of drug-likeness (QED) is 0.646. The van der Waals surface area contributed by atoms with Crippen LogP contribution in [0.3, 0.4) is 0 Å². The van der Waals surface area contributed by atoms with Crippen LogP contribution in [0.5, 0.6) is 0 Å². The number of ketones is 1. The summed E-state index contributed by atoms with van der Waals surface area (Å²) in [7, 11) is 0. The van der Waals surface area contributed by atoms with E-state index >= 15 is 0 Å². The number of halogens is 1. The number of amides is 1. The van der Waals surface area contributed by atoms with Crippen LogP contribution in [-0.2, 0) is 9.59 Å². The van der Waals surface area contributed by atoms with E-state index in [-0.39, 0.29) is 16.5 Å². The van der Waals surface area contributed by atoms with Crippen LogP contribution in [0.25, 0.3) is 0 Å². The SMILES string of the molecule is CC(=O)c1ccc(Cl)c(NC(=O)/C=C/C(=O)O)c1. The first-order valence-corrected chi connectivity index (χ1v) is 5.30. The summed E-state index contributed by atoms with van der Waals surface area (Å²) in [5.41, 5.74) is 0.654. The fraction of sp³-hybridized carbons (Fsp3) is 0.0833. The first-order chi connectivity index (χ1) is 8.40. The predicted octanol–water partition coefficient (Wildman–Crippen LogP) is 2.12. The maximum atomic E-state index is 11.3. The lowest BCUT2D eigenvalue weighted by Gasteiger charge is -2.06. The standard InChI is InChI=1S/C12H10ClNO4/c1-7(15)8-2-3-9(13)10(6-8)14-11(16)4-5-12(17)18/h2-6H,1H3,(H,14,16)(H,17,18)/b5-4+. The van der Waals surface area contributed by atoms with Crippen LogP contribution in [-0.4, -0.2) is 22.8 Å². The summed E-state index contributed by atoms with van der Waals surface area (Å²) in [5.74, 6) is -2.03. The van der Waals surface area contributed by atoms with Gasteiger partial charge in [0.1, 0.15) is 0 Å². The Morgan fingerprint density at radius 2 is 1.94 bits per heavy atom. The molecule has 2 N–H and O–H groups in total. The fourth-order valence-electron chi connectivity index (χ4n) is 1.16. The van der Waals surface area contributed by atoms with Crippen molar-refractivity contribution in [1.29, 1.82) is 0 Å². The summed E-state index contributed by atoms with van der Waals surface area (Å²) >= 11 is 5.84. The molecule has 94 valence electrons. The Hall–Kier alpha value is -2.14. The minimum Gasteiger partial charge on any atom is -0.478 e. The van der Waals surface area contributed by atoms with Crippen molar-refractivity contribution in [3.05, 3.63) is 40.9 Å². The highest BCUT2D eigenvalue weighted by Crippen LogP contribution is 2.23. The van der Waals surface area contributed by atoms with Crippen molar-refractivity contribution >= 4 is 34.9 Å². The van der Waals surface area contributed by atoms with E-state index in [0.717, 1.165) is 6.08 Å². The zero-order valence-corrected chi connectivity index (χ0v) is 10.2. The van der Waals surface area contributed by atoms with Crippen molar-refractivity contribution in [2.24, 2.45) is 0 Å². The summed E-state index contributed by atoms with van der Waals surface area (Å²) < 4.78 is 0. The van der Waals surface area contributed by atoms with E-state index in [0.29, 0.717) is 11.6 Å². The normalized spacial score (nSPS) is 10.3. The number of nitrogens with one attached hydrogen (secondary N) is 1. The summed E-state index contributed by atoms with van der Waals surface area (Å²) in [6, 6.07) is 4.44. The van der Waals surface area contributed by atoms with Crippen molar-refractivity contribution in [1.82, 2.24) is 0 Å². The molecule has 1 aromatic carbocycles. The van der Waals surface area contributed by atoms with Gasteiger partial charge in [-0.15, -0.1) is 0 Å². The lowest BCUT2D eigenvalue weighted by Crippen LogP contribution is -2.09. The smallest absolute Gasteiger partial charge is 0.328 e. The van der Waals surface area contributed by atoms with Gasteiger partial charge in [0.05, 0.1) is 10.7 Å². The minimum absolute atomic E-state index is 0.164. The largest absolute Gasteiger partial charge is 0.478 e. The van der Waals surface area contributed by atoms with Crippen LogP contribution in [0.2, 0.25) is 5.02 Å². The predicted molar refractivity (Wildman–Crippen MR) is 66.9 cm³/mol. The Kier molecular flexibility index (Phi) is 4.62. The minimum atomic E-state index is -1.23. The lowest BCUT2D eigenvalue weighted by molar-refractivity contribution is -0.131. The molecule has 0 aliphatic carbocycles. The molecule has 0 fully saturated rings. The van der Waals surface area contributed by atoms with Crippen molar-refractivity contribution < 1.29 is 19.5 Å². The molecule has 0 bridgehead atoms. The molecule has 1 aromatic rings. The summed E-state index contributed by atoms with van der Waals surface area (Å²) in [4.78, 5) is 32.7. The third kappa shape index (κ3) is 4.03. The molecule has 1 amide bonds. The third-order valence-electron chi connectivity index (χ3n) is 2.01. The Labute approximate surface area is 108 Å². The highest BCUT2D eigenvalue weighted by molar-refractivity contribution is 6.34. The van der Waals surface area contributed by atoms with Crippen molar-refractivity contribution in [3.63, 3.8) is 0 Å². The molecule has 5 nitrogen and oxygen atoms in total. The highest BCUT2D eigenvalue weighted by Gasteiger charge is 2.07. The van der Waals surface area contributed by atoms with Crippen LogP contribution in [0, 0.1) is 0 Å². The molecule has 0 heterocycles. The van der Waals surface area contributed by atoms with Gasteiger partial charge in [0.2, 0.25) is 5.91 Å². The van der Waals surface area contributed by atoms with Gasteiger partial charge in [-0.3, -0.25) is 9.59 Å². The number of carboxylic acid groups (broad SMARTS) is 1.